The van der Waals surface area contributed by atoms with E-state index < -0.39 is 27.3 Å². The van der Waals surface area contributed by atoms with Crippen molar-refractivity contribution in [3.8, 4) is 17.0 Å². The summed E-state index contributed by atoms with van der Waals surface area (Å²) in [6, 6.07) is 9.57. The Bertz CT molecular complexity index is 1490. The predicted octanol–water partition coefficient (Wildman–Crippen LogP) is 4.35. The third kappa shape index (κ3) is 5.12. The van der Waals surface area contributed by atoms with Gasteiger partial charge in [0.05, 0.1) is 5.56 Å². The molecule has 0 spiro atoms. The van der Waals surface area contributed by atoms with Crippen LogP contribution in [-0.4, -0.2) is 61.8 Å². The molecule has 1 amide bonds. The van der Waals surface area contributed by atoms with Crippen LogP contribution in [0.2, 0.25) is 0 Å². The van der Waals surface area contributed by atoms with Crippen LogP contribution >= 0.6 is 0 Å². The molecule has 38 heavy (non-hydrogen) atoms. The Morgan fingerprint density at radius 1 is 1.08 bits per heavy atom. The molecule has 0 aliphatic carbocycles. The lowest BCUT2D eigenvalue weighted by molar-refractivity contribution is -0.0500. The Morgan fingerprint density at radius 2 is 1.82 bits per heavy atom. The molecule has 3 heterocycles. The minimum Gasteiger partial charge on any atom is -0.375 e. The van der Waals surface area contributed by atoms with E-state index in [0.29, 0.717) is 11.3 Å². The van der Waals surface area contributed by atoms with Gasteiger partial charge in [-0.3, -0.25) is 9.69 Å². The average Bonchev–Trinajstić information content (AvgIpc) is 3.43. The highest BCUT2D eigenvalue weighted by Crippen LogP contribution is 2.41. The van der Waals surface area contributed by atoms with Gasteiger partial charge in [-0.2, -0.15) is 21.6 Å². The molecule has 2 aliphatic heterocycles. The van der Waals surface area contributed by atoms with Gasteiger partial charge in [-0.05, 0) is 69.9 Å². The number of carbonyl (C=O) groups excluding carboxylic acids is 1. The Morgan fingerprint density at radius 3 is 2.50 bits per heavy atom. The molecule has 0 radical (unpaired) electrons. The lowest BCUT2D eigenvalue weighted by Crippen LogP contribution is -2.29. The highest BCUT2D eigenvalue weighted by Gasteiger charge is 2.49. The zero-order valence-electron chi connectivity index (χ0n) is 21.1. The van der Waals surface area contributed by atoms with Crippen molar-refractivity contribution in [3.05, 3.63) is 52.6 Å². The molecule has 1 aromatic heterocycles. The summed E-state index contributed by atoms with van der Waals surface area (Å²) in [7, 11) is -2.53. The summed E-state index contributed by atoms with van der Waals surface area (Å²) in [6.45, 7) is 2.94. The number of H-pyrrole nitrogens is 1. The van der Waals surface area contributed by atoms with Crippen molar-refractivity contribution in [2.24, 2.45) is 0 Å². The second-order valence-electron chi connectivity index (χ2n) is 10.1. The molecule has 2 N–H and O–H groups in total. The van der Waals surface area contributed by atoms with Crippen LogP contribution in [0, 0.1) is 0 Å². The molecule has 0 saturated carbocycles. The average molecular weight is 551 g/mol. The fraction of sp³-hybridized carbons (Fsp3) is 0.423. The van der Waals surface area contributed by atoms with Gasteiger partial charge in [0.2, 0.25) is 0 Å². The zero-order valence-corrected chi connectivity index (χ0v) is 21.9. The summed E-state index contributed by atoms with van der Waals surface area (Å²) in [6.07, 6.45) is 3.66. The number of hydrogen-bond donors (Lipinski definition) is 2. The van der Waals surface area contributed by atoms with E-state index in [1.807, 2.05) is 12.1 Å². The molecule has 8 nitrogen and oxygen atoms in total. The van der Waals surface area contributed by atoms with E-state index in [4.69, 9.17) is 0 Å². The third-order valence-electron chi connectivity index (χ3n) is 6.90. The molecule has 1 fully saturated rings. The van der Waals surface area contributed by atoms with E-state index in [1.54, 1.807) is 19.0 Å². The van der Waals surface area contributed by atoms with Crippen molar-refractivity contribution in [2.75, 3.05) is 27.2 Å². The number of halogens is 3. The van der Waals surface area contributed by atoms with E-state index in [9.17, 15) is 26.4 Å². The van der Waals surface area contributed by atoms with Crippen molar-refractivity contribution in [1.29, 1.82) is 0 Å². The van der Waals surface area contributed by atoms with Crippen molar-refractivity contribution in [3.63, 3.8) is 0 Å². The number of aromatic amines is 1. The zero-order chi connectivity index (χ0) is 27.2. The van der Waals surface area contributed by atoms with E-state index in [1.165, 1.54) is 30.9 Å². The van der Waals surface area contributed by atoms with Gasteiger partial charge in [0, 0.05) is 52.9 Å². The number of aromatic nitrogens is 1. The van der Waals surface area contributed by atoms with Gasteiger partial charge in [-0.15, -0.1) is 0 Å². The summed E-state index contributed by atoms with van der Waals surface area (Å²) in [5, 5.41) is 3.54. The number of alkyl halides is 3. The number of nitrogens with one attached hydrogen (secondary N) is 2. The van der Waals surface area contributed by atoms with Gasteiger partial charge in [-0.1, -0.05) is 12.5 Å². The van der Waals surface area contributed by atoms with Crippen LogP contribution in [0.5, 0.6) is 5.75 Å². The first-order valence-electron chi connectivity index (χ1n) is 12.4. The van der Waals surface area contributed by atoms with Crippen LogP contribution < -0.4 is 9.50 Å². The van der Waals surface area contributed by atoms with Gasteiger partial charge in [-0.25, -0.2) is 0 Å². The Balaban J connectivity index is 1.59. The lowest BCUT2D eigenvalue weighted by Gasteiger charge is -2.26. The maximum absolute atomic E-state index is 13.2. The second kappa shape index (κ2) is 9.90. The molecule has 2 aromatic carbocycles. The quantitative estimate of drug-likeness (QED) is 0.336. The summed E-state index contributed by atoms with van der Waals surface area (Å²) < 4.78 is 68.0. The van der Waals surface area contributed by atoms with Crippen LogP contribution in [0.25, 0.3) is 22.2 Å². The summed E-state index contributed by atoms with van der Waals surface area (Å²) in [5.41, 5.74) is -2.11. The van der Waals surface area contributed by atoms with E-state index in [0.717, 1.165) is 30.5 Å². The molecule has 0 unspecified atom stereocenters. The standard InChI is InChI=1S/C26H29F3N4O4S/c1-32(2)15-18-11-19(23-20(13-30-25(23)34)24(18)37-38(35,36)26(27,28)29)22-12-17-10-16(6-7-21(17)31-22)14-33-8-4-3-5-9-33/h6-7,10-12,31H,3-5,8-9,13-15H2,1-2H3,(H,30,34). The van der Waals surface area contributed by atoms with E-state index >= 15 is 0 Å². The van der Waals surface area contributed by atoms with Gasteiger partial charge in [0.25, 0.3) is 5.91 Å². The fourth-order valence-electron chi connectivity index (χ4n) is 5.20. The number of rotatable bonds is 7. The van der Waals surface area contributed by atoms with Gasteiger partial charge in [0.15, 0.2) is 5.75 Å². The van der Waals surface area contributed by atoms with Gasteiger partial charge in [0.1, 0.15) is 0 Å². The number of hydrogen-bond acceptors (Lipinski definition) is 6. The fourth-order valence-corrected chi connectivity index (χ4v) is 5.72. The largest absolute Gasteiger partial charge is 0.534 e. The predicted molar refractivity (Wildman–Crippen MR) is 137 cm³/mol. The molecule has 3 aromatic rings. The summed E-state index contributed by atoms with van der Waals surface area (Å²) in [4.78, 5) is 20.3. The van der Waals surface area contributed by atoms with Crippen molar-refractivity contribution < 1.29 is 30.6 Å². The molecular formula is C26H29F3N4O4S. The number of likely N-dealkylation sites (tertiary alicyclic amines) is 1. The Hall–Kier alpha value is -3.09. The minimum atomic E-state index is -5.93. The van der Waals surface area contributed by atoms with Crippen molar-refractivity contribution in [1.82, 2.24) is 20.1 Å². The monoisotopic (exact) mass is 550 g/mol. The van der Waals surface area contributed by atoms with E-state index in [2.05, 4.69) is 31.5 Å². The molecule has 1 saturated heterocycles. The smallest absolute Gasteiger partial charge is 0.375 e. The highest BCUT2D eigenvalue weighted by molar-refractivity contribution is 7.88. The Labute approximate surface area is 218 Å². The number of carbonyl (C=O) groups is 1. The number of benzene rings is 2. The Kier molecular flexibility index (Phi) is 6.91. The molecular weight excluding hydrogens is 521 g/mol. The summed E-state index contributed by atoms with van der Waals surface area (Å²) >= 11 is 0. The molecule has 204 valence electrons. The molecule has 5 rings (SSSR count). The maximum atomic E-state index is 13.2. The molecule has 2 aliphatic rings. The first-order chi connectivity index (χ1) is 17.9. The van der Waals surface area contributed by atoms with Crippen LogP contribution in [0.4, 0.5) is 13.2 Å². The lowest BCUT2D eigenvalue weighted by atomic mass is 9.95. The first-order valence-corrected chi connectivity index (χ1v) is 13.8. The number of fused-ring (bicyclic) bond motifs is 2. The topological polar surface area (TPSA) is 94.7 Å². The SMILES string of the molecule is CN(C)Cc1cc(-c2cc3cc(CN4CCCCC4)ccc3[nH]2)c2c(c1OS(=O)(=O)C(F)(F)F)CNC2=O. The van der Waals surface area contributed by atoms with Crippen molar-refractivity contribution in [2.45, 2.75) is 44.4 Å². The van der Waals surface area contributed by atoms with Crippen LogP contribution in [0.1, 0.15) is 46.3 Å². The third-order valence-corrected chi connectivity index (χ3v) is 7.85. The van der Waals surface area contributed by atoms with Crippen LogP contribution in [0.3, 0.4) is 0 Å². The number of amides is 1. The van der Waals surface area contributed by atoms with Crippen LogP contribution in [0.15, 0.2) is 30.3 Å². The maximum Gasteiger partial charge on any atom is 0.534 e. The number of piperidine rings is 1. The van der Waals surface area contributed by atoms with E-state index in [-0.39, 0.29) is 29.8 Å². The van der Waals surface area contributed by atoms with Gasteiger partial charge < -0.3 is 19.4 Å². The second-order valence-corrected chi connectivity index (χ2v) is 11.6. The normalized spacial score (nSPS) is 16.7. The molecule has 0 bridgehead atoms. The number of nitrogens with zero attached hydrogens (tertiary/aromatic N) is 2. The molecule has 12 heteroatoms. The molecule has 0 atom stereocenters. The minimum absolute atomic E-state index is 0.0848. The van der Waals surface area contributed by atoms with Gasteiger partial charge >= 0.3 is 15.6 Å². The van der Waals surface area contributed by atoms with Crippen LogP contribution in [-0.2, 0) is 29.8 Å². The highest BCUT2D eigenvalue weighted by atomic mass is 32.2. The first kappa shape index (κ1) is 26.5. The van der Waals surface area contributed by atoms with Crippen molar-refractivity contribution >= 4 is 26.9 Å². The summed E-state index contributed by atoms with van der Waals surface area (Å²) in [5.74, 6) is -0.974.